The van der Waals surface area contributed by atoms with Gasteiger partial charge in [0.25, 0.3) is 5.91 Å². The number of sulfonamides is 1. The predicted octanol–water partition coefficient (Wildman–Crippen LogP) is 1.59. The van der Waals surface area contributed by atoms with Gasteiger partial charge in [-0.05, 0) is 36.4 Å². The zero-order valence-corrected chi connectivity index (χ0v) is 19.4. The third kappa shape index (κ3) is 5.00. The van der Waals surface area contributed by atoms with Crippen molar-refractivity contribution in [1.82, 2.24) is 9.21 Å². The van der Waals surface area contributed by atoms with Gasteiger partial charge in [0.15, 0.2) is 9.84 Å². The molecule has 0 bridgehead atoms. The summed E-state index contributed by atoms with van der Waals surface area (Å²) < 4.78 is 51.6. The van der Waals surface area contributed by atoms with Gasteiger partial charge < -0.3 is 10.2 Å². The summed E-state index contributed by atoms with van der Waals surface area (Å²) in [6.45, 7) is 4.03. The summed E-state index contributed by atoms with van der Waals surface area (Å²) in [7, 11) is -7.29. The number of hydrogen-bond acceptors (Lipinski definition) is 6. The molecule has 0 aliphatic carbocycles. The summed E-state index contributed by atoms with van der Waals surface area (Å²) in [6, 6.07) is 11.6. The zero-order chi connectivity index (χ0) is 23.5. The van der Waals surface area contributed by atoms with Gasteiger partial charge in [0.05, 0.1) is 21.2 Å². The van der Waals surface area contributed by atoms with Crippen LogP contribution in [0.25, 0.3) is 0 Å². The van der Waals surface area contributed by atoms with Crippen LogP contribution < -0.4 is 5.32 Å². The molecule has 3 rings (SSSR count). The molecule has 2 aromatic carbocycles. The van der Waals surface area contributed by atoms with Gasteiger partial charge in [-0.25, -0.2) is 16.8 Å². The number of benzene rings is 2. The lowest BCUT2D eigenvalue weighted by atomic mass is 10.2. The molecule has 0 spiro atoms. The number of carbonyl (C=O) groups excluding carboxylic acids is 2. The van der Waals surface area contributed by atoms with E-state index in [9.17, 15) is 26.4 Å². The minimum absolute atomic E-state index is 0.0275. The molecule has 0 aromatic heterocycles. The lowest BCUT2D eigenvalue weighted by Gasteiger charge is -2.33. The summed E-state index contributed by atoms with van der Waals surface area (Å²) >= 11 is 0. The molecule has 1 N–H and O–H groups in total. The predicted molar refractivity (Wildman–Crippen MR) is 120 cm³/mol. The van der Waals surface area contributed by atoms with Crippen molar-refractivity contribution in [1.29, 1.82) is 0 Å². The van der Waals surface area contributed by atoms with E-state index in [2.05, 4.69) is 5.32 Å². The van der Waals surface area contributed by atoms with Crippen LogP contribution in [-0.4, -0.2) is 69.8 Å². The van der Waals surface area contributed by atoms with Gasteiger partial charge in [-0.2, -0.15) is 4.31 Å². The third-order valence-corrected chi connectivity index (χ3v) is 8.99. The van der Waals surface area contributed by atoms with Crippen molar-refractivity contribution < 1.29 is 26.4 Å². The molecule has 1 heterocycles. The smallest absolute Gasteiger partial charge is 0.255 e. The highest BCUT2D eigenvalue weighted by Gasteiger charge is 2.29. The molecular formula is C21H25N3O6S2. The van der Waals surface area contributed by atoms with E-state index in [1.807, 2.05) is 0 Å². The SMILES string of the molecule is CCS(=O)(=O)c1ccccc1NC(=O)c1ccc(S(=O)(=O)N2CCN(C(C)=O)CC2)cc1. The molecule has 0 atom stereocenters. The summed E-state index contributed by atoms with van der Waals surface area (Å²) in [5.74, 6) is -0.749. The van der Waals surface area contributed by atoms with E-state index in [1.165, 1.54) is 54.6 Å². The molecule has 1 fully saturated rings. The summed E-state index contributed by atoms with van der Waals surface area (Å²) in [4.78, 5) is 25.7. The molecule has 1 aliphatic heterocycles. The molecule has 172 valence electrons. The number of carbonyl (C=O) groups is 2. The summed E-state index contributed by atoms with van der Waals surface area (Å²) in [5, 5.41) is 2.59. The number of nitrogens with one attached hydrogen (secondary N) is 1. The lowest BCUT2D eigenvalue weighted by molar-refractivity contribution is -0.129. The fourth-order valence-electron chi connectivity index (χ4n) is 3.36. The van der Waals surface area contributed by atoms with Crippen LogP contribution in [0.1, 0.15) is 24.2 Å². The molecular weight excluding hydrogens is 454 g/mol. The molecule has 0 saturated carbocycles. The Kier molecular flexibility index (Phi) is 7.01. The highest BCUT2D eigenvalue weighted by atomic mass is 32.2. The largest absolute Gasteiger partial charge is 0.340 e. The molecule has 0 radical (unpaired) electrons. The van der Waals surface area contributed by atoms with Gasteiger partial charge in [-0.3, -0.25) is 9.59 Å². The Labute approximate surface area is 188 Å². The number of piperazine rings is 1. The normalized spacial score (nSPS) is 15.4. The fraction of sp³-hybridized carbons (Fsp3) is 0.333. The van der Waals surface area contributed by atoms with Crippen LogP contribution >= 0.6 is 0 Å². The van der Waals surface area contributed by atoms with E-state index >= 15 is 0 Å². The Balaban J connectivity index is 1.75. The zero-order valence-electron chi connectivity index (χ0n) is 17.8. The first kappa shape index (κ1) is 23.9. The highest BCUT2D eigenvalue weighted by molar-refractivity contribution is 7.91. The van der Waals surface area contributed by atoms with Crippen LogP contribution in [0.15, 0.2) is 58.3 Å². The second-order valence-electron chi connectivity index (χ2n) is 7.29. The van der Waals surface area contributed by atoms with E-state index < -0.39 is 25.8 Å². The summed E-state index contributed by atoms with van der Waals surface area (Å²) in [5.41, 5.74) is 0.355. The minimum atomic E-state index is -3.76. The van der Waals surface area contributed by atoms with Crippen LogP contribution in [-0.2, 0) is 24.7 Å². The Morgan fingerprint density at radius 1 is 0.906 bits per heavy atom. The van der Waals surface area contributed by atoms with Crippen molar-refractivity contribution in [2.75, 3.05) is 37.2 Å². The standard InChI is InChI=1S/C21H25N3O6S2/c1-3-31(27,28)20-7-5-4-6-19(20)22-21(26)17-8-10-18(11-9-17)32(29,30)24-14-12-23(13-15-24)16(2)25/h4-11H,3,12-15H2,1-2H3,(H,22,26). The first-order chi connectivity index (χ1) is 15.1. The molecule has 11 heteroatoms. The van der Waals surface area contributed by atoms with Gasteiger partial charge in [0, 0.05) is 38.7 Å². The van der Waals surface area contributed by atoms with E-state index in [0.29, 0.717) is 13.1 Å². The van der Waals surface area contributed by atoms with Crippen LogP contribution in [0, 0.1) is 0 Å². The van der Waals surface area contributed by atoms with E-state index in [-0.39, 0.29) is 45.8 Å². The third-order valence-electron chi connectivity index (χ3n) is 5.29. The highest BCUT2D eigenvalue weighted by Crippen LogP contribution is 2.23. The van der Waals surface area contributed by atoms with E-state index in [1.54, 1.807) is 17.0 Å². The Morgan fingerprint density at radius 3 is 2.06 bits per heavy atom. The number of rotatable bonds is 6. The molecule has 9 nitrogen and oxygen atoms in total. The second kappa shape index (κ2) is 9.39. The number of amides is 2. The maximum Gasteiger partial charge on any atom is 0.255 e. The van der Waals surface area contributed by atoms with Gasteiger partial charge >= 0.3 is 0 Å². The molecule has 32 heavy (non-hydrogen) atoms. The number of sulfone groups is 1. The van der Waals surface area contributed by atoms with Crippen molar-refractivity contribution >= 4 is 37.4 Å². The minimum Gasteiger partial charge on any atom is -0.340 e. The van der Waals surface area contributed by atoms with Gasteiger partial charge in [-0.1, -0.05) is 19.1 Å². The molecule has 2 amide bonds. The quantitative estimate of drug-likeness (QED) is 0.672. The average Bonchev–Trinajstić information content (AvgIpc) is 2.79. The van der Waals surface area contributed by atoms with Crippen molar-refractivity contribution in [2.45, 2.75) is 23.6 Å². The summed E-state index contributed by atoms with van der Waals surface area (Å²) in [6.07, 6.45) is 0. The monoisotopic (exact) mass is 479 g/mol. The van der Waals surface area contributed by atoms with Crippen molar-refractivity contribution in [2.24, 2.45) is 0 Å². The second-order valence-corrected chi connectivity index (χ2v) is 11.5. The Bertz CT molecular complexity index is 1220. The molecule has 1 saturated heterocycles. The van der Waals surface area contributed by atoms with Crippen LogP contribution in [0.5, 0.6) is 0 Å². The topological polar surface area (TPSA) is 121 Å². The molecule has 1 aliphatic rings. The van der Waals surface area contributed by atoms with E-state index in [0.717, 1.165) is 0 Å². The van der Waals surface area contributed by atoms with Crippen LogP contribution in [0.2, 0.25) is 0 Å². The number of hydrogen-bond donors (Lipinski definition) is 1. The van der Waals surface area contributed by atoms with Crippen molar-refractivity contribution in [3.8, 4) is 0 Å². The van der Waals surface area contributed by atoms with Gasteiger partial charge in [-0.15, -0.1) is 0 Å². The molecule has 2 aromatic rings. The Hall–Kier alpha value is -2.76. The van der Waals surface area contributed by atoms with E-state index in [4.69, 9.17) is 0 Å². The molecule has 0 unspecified atom stereocenters. The van der Waals surface area contributed by atoms with Crippen molar-refractivity contribution in [3.05, 3.63) is 54.1 Å². The Morgan fingerprint density at radius 2 is 1.50 bits per heavy atom. The van der Waals surface area contributed by atoms with Crippen molar-refractivity contribution in [3.63, 3.8) is 0 Å². The lowest BCUT2D eigenvalue weighted by Crippen LogP contribution is -2.49. The van der Waals surface area contributed by atoms with Gasteiger partial charge in [0.1, 0.15) is 0 Å². The fourth-order valence-corrected chi connectivity index (χ4v) is 5.84. The van der Waals surface area contributed by atoms with Crippen LogP contribution in [0.3, 0.4) is 0 Å². The maximum absolute atomic E-state index is 12.9. The number of para-hydroxylation sites is 1. The van der Waals surface area contributed by atoms with Crippen LogP contribution in [0.4, 0.5) is 5.69 Å². The van der Waals surface area contributed by atoms with Gasteiger partial charge in [0.2, 0.25) is 15.9 Å². The average molecular weight is 480 g/mol. The first-order valence-corrected chi connectivity index (χ1v) is 13.1. The first-order valence-electron chi connectivity index (χ1n) is 10.0. The number of anilines is 1. The number of nitrogens with zero attached hydrogens (tertiary/aromatic N) is 2. The maximum atomic E-state index is 12.9.